The van der Waals surface area contributed by atoms with E-state index >= 15 is 0 Å². The van der Waals surface area contributed by atoms with Gasteiger partial charge < -0.3 is 20.1 Å². The number of alkyl halides is 3. The molecule has 0 aliphatic carbocycles. The summed E-state index contributed by atoms with van der Waals surface area (Å²) in [6.45, 7) is 2.56. The Morgan fingerprint density at radius 1 is 1.12 bits per heavy atom. The van der Waals surface area contributed by atoms with E-state index in [1.165, 1.54) is 39.2 Å². The van der Waals surface area contributed by atoms with Crippen LogP contribution in [0.1, 0.15) is 29.8 Å². The molecule has 3 aromatic rings. The quantitative estimate of drug-likeness (QED) is 0.380. The van der Waals surface area contributed by atoms with Crippen molar-refractivity contribution in [2.24, 2.45) is 0 Å². The van der Waals surface area contributed by atoms with Crippen LogP contribution in [-0.4, -0.2) is 30.6 Å². The van der Waals surface area contributed by atoms with Gasteiger partial charge in [0.2, 0.25) is 5.91 Å². The van der Waals surface area contributed by atoms with Gasteiger partial charge in [-0.1, -0.05) is 0 Å². The number of benzene rings is 2. The minimum absolute atomic E-state index is 0.158. The SMILES string of the molecule is CCOC(=O)c1c(Nc2ccc(NC(C)=O)cc2OC)nc2ccc(F)cc2c1C(F)(F)F. The monoisotopic (exact) mass is 465 g/mol. The van der Waals surface area contributed by atoms with Gasteiger partial charge in [-0.15, -0.1) is 0 Å². The third kappa shape index (κ3) is 5.13. The molecular weight excluding hydrogens is 446 g/mol. The van der Waals surface area contributed by atoms with E-state index in [4.69, 9.17) is 9.47 Å². The fourth-order valence-electron chi connectivity index (χ4n) is 3.23. The van der Waals surface area contributed by atoms with Gasteiger partial charge in [0.1, 0.15) is 22.9 Å². The third-order valence-electron chi connectivity index (χ3n) is 4.48. The van der Waals surface area contributed by atoms with E-state index in [9.17, 15) is 27.2 Å². The standard InChI is InChI=1S/C22H19F4N3O4/c1-4-33-21(31)18-19(22(24,25)26)14-9-12(23)5-7-15(14)28-20(18)29-16-8-6-13(27-11(2)30)10-17(16)32-3/h5-10H,4H2,1-3H3,(H,27,30)(H,28,29). The lowest BCUT2D eigenvalue weighted by atomic mass is 10.0. The smallest absolute Gasteiger partial charge is 0.418 e. The number of pyridine rings is 1. The summed E-state index contributed by atoms with van der Waals surface area (Å²) >= 11 is 0. The lowest BCUT2D eigenvalue weighted by Gasteiger charge is -2.20. The fraction of sp³-hybridized carbons (Fsp3) is 0.227. The van der Waals surface area contributed by atoms with Crippen molar-refractivity contribution in [2.75, 3.05) is 24.4 Å². The third-order valence-corrected chi connectivity index (χ3v) is 4.48. The molecule has 0 saturated heterocycles. The summed E-state index contributed by atoms with van der Waals surface area (Å²) in [5.41, 5.74) is -1.90. The molecule has 7 nitrogen and oxygen atoms in total. The summed E-state index contributed by atoms with van der Waals surface area (Å²) in [7, 11) is 1.32. The topological polar surface area (TPSA) is 89.6 Å². The van der Waals surface area contributed by atoms with Gasteiger partial charge in [-0.25, -0.2) is 14.2 Å². The molecule has 0 fully saturated rings. The number of hydrogen-bond donors (Lipinski definition) is 2. The van der Waals surface area contributed by atoms with E-state index < -0.39 is 40.3 Å². The van der Waals surface area contributed by atoms with Gasteiger partial charge in [-0.3, -0.25) is 4.79 Å². The molecule has 1 heterocycles. The van der Waals surface area contributed by atoms with Gasteiger partial charge in [0.25, 0.3) is 0 Å². The van der Waals surface area contributed by atoms with Crippen LogP contribution in [0.3, 0.4) is 0 Å². The molecule has 2 N–H and O–H groups in total. The minimum atomic E-state index is -5.02. The summed E-state index contributed by atoms with van der Waals surface area (Å²) < 4.78 is 66.2. The van der Waals surface area contributed by atoms with Gasteiger partial charge in [0, 0.05) is 24.1 Å². The van der Waals surface area contributed by atoms with Crippen LogP contribution >= 0.6 is 0 Å². The number of ether oxygens (including phenoxy) is 2. The van der Waals surface area contributed by atoms with Crippen LogP contribution in [-0.2, 0) is 15.7 Å². The van der Waals surface area contributed by atoms with E-state index in [0.717, 1.165) is 12.1 Å². The molecule has 33 heavy (non-hydrogen) atoms. The zero-order chi connectivity index (χ0) is 24.3. The number of anilines is 3. The Kier molecular flexibility index (Phi) is 6.70. The Morgan fingerprint density at radius 2 is 1.85 bits per heavy atom. The van der Waals surface area contributed by atoms with Gasteiger partial charge in [-0.05, 0) is 37.3 Å². The molecule has 1 aromatic heterocycles. The fourth-order valence-corrected chi connectivity index (χ4v) is 3.23. The first-order valence-electron chi connectivity index (χ1n) is 9.65. The van der Waals surface area contributed by atoms with Crippen LogP contribution in [0.4, 0.5) is 34.8 Å². The maximum Gasteiger partial charge on any atom is 0.418 e. The van der Waals surface area contributed by atoms with Crippen LogP contribution < -0.4 is 15.4 Å². The largest absolute Gasteiger partial charge is 0.494 e. The first-order chi connectivity index (χ1) is 15.5. The average molecular weight is 465 g/mol. The van der Waals surface area contributed by atoms with Crippen LogP contribution in [0.5, 0.6) is 5.75 Å². The predicted octanol–water partition coefficient (Wildman–Crippen LogP) is 5.28. The van der Waals surface area contributed by atoms with E-state index in [2.05, 4.69) is 15.6 Å². The second-order valence-electron chi connectivity index (χ2n) is 6.81. The number of halogens is 4. The summed E-state index contributed by atoms with van der Waals surface area (Å²) in [5, 5.41) is 4.66. The second kappa shape index (κ2) is 9.31. The summed E-state index contributed by atoms with van der Waals surface area (Å²) in [6, 6.07) is 7.07. The summed E-state index contributed by atoms with van der Waals surface area (Å²) in [5.74, 6) is -2.82. The van der Waals surface area contributed by atoms with E-state index in [0.29, 0.717) is 11.8 Å². The van der Waals surface area contributed by atoms with Crippen molar-refractivity contribution >= 4 is 40.0 Å². The van der Waals surface area contributed by atoms with Crippen LogP contribution in [0.25, 0.3) is 10.9 Å². The van der Waals surface area contributed by atoms with Crippen molar-refractivity contribution < 1.29 is 36.6 Å². The number of hydrogen-bond acceptors (Lipinski definition) is 6. The lowest BCUT2D eigenvalue weighted by Crippen LogP contribution is -2.19. The zero-order valence-electron chi connectivity index (χ0n) is 17.8. The number of nitrogens with one attached hydrogen (secondary N) is 2. The van der Waals surface area contributed by atoms with Gasteiger partial charge >= 0.3 is 12.1 Å². The Balaban J connectivity index is 2.26. The normalized spacial score (nSPS) is 11.2. The number of fused-ring (bicyclic) bond motifs is 1. The molecule has 0 spiro atoms. The molecule has 0 bridgehead atoms. The second-order valence-corrected chi connectivity index (χ2v) is 6.81. The highest BCUT2D eigenvalue weighted by Gasteiger charge is 2.40. The number of methoxy groups -OCH3 is 1. The predicted molar refractivity (Wildman–Crippen MR) is 113 cm³/mol. The number of carbonyl (C=O) groups excluding carboxylic acids is 2. The molecule has 0 atom stereocenters. The Hall–Kier alpha value is -3.89. The Bertz CT molecular complexity index is 1230. The molecule has 2 aromatic carbocycles. The number of aromatic nitrogens is 1. The van der Waals surface area contributed by atoms with E-state index in [1.807, 2.05) is 0 Å². The molecule has 1 amide bonds. The molecule has 0 radical (unpaired) electrons. The van der Waals surface area contributed by atoms with E-state index in [-0.39, 0.29) is 29.5 Å². The van der Waals surface area contributed by atoms with Crippen molar-refractivity contribution in [1.29, 1.82) is 0 Å². The van der Waals surface area contributed by atoms with Gasteiger partial charge in [0.15, 0.2) is 0 Å². The van der Waals surface area contributed by atoms with Crippen molar-refractivity contribution in [3.63, 3.8) is 0 Å². The minimum Gasteiger partial charge on any atom is -0.494 e. The molecule has 174 valence electrons. The van der Waals surface area contributed by atoms with Gasteiger partial charge in [-0.2, -0.15) is 13.2 Å². The van der Waals surface area contributed by atoms with Crippen LogP contribution in [0.2, 0.25) is 0 Å². The number of amides is 1. The highest BCUT2D eigenvalue weighted by Crippen LogP contribution is 2.41. The lowest BCUT2D eigenvalue weighted by molar-refractivity contribution is -0.136. The molecule has 3 rings (SSSR count). The Labute approximate surface area is 185 Å². The van der Waals surface area contributed by atoms with Crippen molar-refractivity contribution in [2.45, 2.75) is 20.0 Å². The molecule has 0 unspecified atom stereocenters. The number of carbonyl (C=O) groups is 2. The number of rotatable bonds is 6. The van der Waals surface area contributed by atoms with Gasteiger partial charge in [0.05, 0.1) is 30.5 Å². The zero-order valence-corrected chi connectivity index (χ0v) is 17.8. The molecule has 11 heteroatoms. The molecule has 0 aliphatic rings. The molecule has 0 aliphatic heterocycles. The van der Waals surface area contributed by atoms with Crippen LogP contribution in [0, 0.1) is 5.82 Å². The van der Waals surface area contributed by atoms with Crippen molar-refractivity contribution in [3.05, 3.63) is 53.3 Å². The summed E-state index contributed by atoms with van der Waals surface area (Å²) in [4.78, 5) is 28.0. The highest BCUT2D eigenvalue weighted by atomic mass is 19.4. The maximum absolute atomic E-state index is 14.1. The highest BCUT2D eigenvalue weighted by molar-refractivity contribution is 6.03. The molecular formula is C22H19F4N3O4. The Morgan fingerprint density at radius 3 is 2.45 bits per heavy atom. The van der Waals surface area contributed by atoms with Crippen molar-refractivity contribution in [3.8, 4) is 5.75 Å². The van der Waals surface area contributed by atoms with E-state index in [1.54, 1.807) is 0 Å². The van der Waals surface area contributed by atoms with Crippen LogP contribution in [0.15, 0.2) is 36.4 Å². The number of nitrogens with zero attached hydrogens (tertiary/aromatic N) is 1. The maximum atomic E-state index is 14.1. The number of esters is 1. The summed E-state index contributed by atoms with van der Waals surface area (Å²) in [6.07, 6.45) is -5.02. The molecule has 0 saturated carbocycles. The average Bonchev–Trinajstić information content (AvgIpc) is 2.73. The first-order valence-corrected chi connectivity index (χ1v) is 9.65. The van der Waals surface area contributed by atoms with Crippen molar-refractivity contribution in [1.82, 2.24) is 4.98 Å². The first kappa shape index (κ1) is 23.8.